The van der Waals surface area contributed by atoms with Gasteiger partial charge in [-0.25, -0.2) is 0 Å². The largest absolute Gasteiger partial charge is 0.334 e. The van der Waals surface area contributed by atoms with Crippen molar-refractivity contribution in [3.8, 4) is 0 Å². The number of carbonyl (C=O) groups is 1. The van der Waals surface area contributed by atoms with E-state index in [0.717, 1.165) is 40.4 Å². The summed E-state index contributed by atoms with van der Waals surface area (Å²) < 4.78 is 1.80. The van der Waals surface area contributed by atoms with E-state index >= 15 is 0 Å². The Morgan fingerprint density at radius 3 is 2.48 bits per heavy atom. The highest BCUT2D eigenvalue weighted by Gasteiger charge is 2.28. The van der Waals surface area contributed by atoms with Gasteiger partial charge in [-0.1, -0.05) is 28.8 Å². The van der Waals surface area contributed by atoms with Gasteiger partial charge >= 0.3 is 0 Å². The SMILES string of the molecule is CN(C)CCN(C(=O)c1cc(Br)ccc1Br)C1CCCC1. The van der Waals surface area contributed by atoms with Crippen LogP contribution in [0.3, 0.4) is 0 Å². The molecule has 0 aromatic heterocycles. The number of carbonyl (C=O) groups excluding carboxylic acids is 1. The quantitative estimate of drug-likeness (QED) is 0.718. The van der Waals surface area contributed by atoms with Gasteiger partial charge in [-0.2, -0.15) is 0 Å². The number of amides is 1. The molecule has 0 N–H and O–H groups in total. The molecular weight excluding hydrogens is 396 g/mol. The maximum absolute atomic E-state index is 13.0. The minimum Gasteiger partial charge on any atom is -0.334 e. The summed E-state index contributed by atoms with van der Waals surface area (Å²) in [5, 5.41) is 0. The van der Waals surface area contributed by atoms with Crippen LogP contribution in [0.25, 0.3) is 0 Å². The van der Waals surface area contributed by atoms with Crippen molar-refractivity contribution < 1.29 is 4.79 Å². The highest BCUT2D eigenvalue weighted by molar-refractivity contribution is 9.11. The molecule has 1 aliphatic rings. The molecule has 1 saturated carbocycles. The van der Waals surface area contributed by atoms with Gasteiger partial charge in [0.25, 0.3) is 5.91 Å². The van der Waals surface area contributed by atoms with Gasteiger partial charge in [0.2, 0.25) is 0 Å². The van der Waals surface area contributed by atoms with Crippen LogP contribution in [0.1, 0.15) is 36.0 Å². The molecule has 21 heavy (non-hydrogen) atoms. The first-order valence-corrected chi connectivity index (χ1v) is 8.98. The Morgan fingerprint density at radius 1 is 1.19 bits per heavy atom. The summed E-state index contributed by atoms with van der Waals surface area (Å²) in [7, 11) is 4.10. The van der Waals surface area contributed by atoms with E-state index < -0.39 is 0 Å². The predicted octanol–water partition coefficient (Wildman–Crippen LogP) is 4.16. The van der Waals surface area contributed by atoms with Crippen molar-refractivity contribution in [3.63, 3.8) is 0 Å². The Kier molecular flexibility index (Phi) is 6.26. The number of nitrogens with zero attached hydrogens (tertiary/aromatic N) is 2. The van der Waals surface area contributed by atoms with Crippen LogP contribution in [-0.2, 0) is 0 Å². The standard InChI is InChI=1S/C16H22Br2N2O/c1-19(2)9-10-20(13-5-3-4-6-13)16(21)14-11-12(17)7-8-15(14)18/h7-8,11,13H,3-6,9-10H2,1-2H3. The summed E-state index contributed by atoms with van der Waals surface area (Å²) in [4.78, 5) is 17.2. The first-order valence-electron chi connectivity index (χ1n) is 7.40. The van der Waals surface area contributed by atoms with Crippen molar-refractivity contribution in [1.82, 2.24) is 9.80 Å². The van der Waals surface area contributed by atoms with E-state index in [1.807, 2.05) is 32.3 Å². The van der Waals surface area contributed by atoms with Gasteiger partial charge in [-0.15, -0.1) is 0 Å². The van der Waals surface area contributed by atoms with Gasteiger partial charge in [0, 0.05) is 28.1 Å². The lowest BCUT2D eigenvalue weighted by Gasteiger charge is -2.30. The average Bonchev–Trinajstić information content (AvgIpc) is 2.95. The van der Waals surface area contributed by atoms with Crippen LogP contribution in [-0.4, -0.2) is 48.9 Å². The molecular formula is C16H22Br2N2O. The van der Waals surface area contributed by atoms with Crippen LogP contribution >= 0.6 is 31.9 Å². The second kappa shape index (κ2) is 7.75. The lowest BCUT2D eigenvalue weighted by Crippen LogP contribution is -2.42. The zero-order valence-corrected chi connectivity index (χ0v) is 15.8. The van der Waals surface area contributed by atoms with Crippen LogP contribution in [0.15, 0.2) is 27.1 Å². The van der Waals surface area contributed by atoms with Crippen molar-refractivity contribution in [1.29, 1.82) is 0 Å². The fourth-order valence-corrected chi connectivity index (χ4v) is 3.57. The van der Waals surface area contributed by atoms with E-state index in [1.165, 1.54) is 12.8 Å². The van der Waals surface area contributed by atoms with E-state index in [9.17, 15) is 4.79 Å². The predicted molar refractivity (Wildman–Crippen MR) is 93.7 cm³/mol. The van der Waals surface area contributed by atoms with Gasteiger partial charge in [-0.3, -0.25) is 4.79 Å². The molecule has 0 unspecified atom stereocenters. The third-order valence-electron chi connectivity index (χ3n) is 3.97. The number of benzene rings is 1. The summed E-state index contributed by atoms with van der Waals surface area (Å²) in [5.41, 5.74) is 0.745. The minimum absolute atomic E-state index is 0.136. The van der Waals surface area contributed by atoms with Crippen molar-refractivity contribution in [2.45, 2.75) is 31.7 Å². The molecule has 2 rings (SSSR count). The maximum Gasteiger partial charge on any atom is 0.255 e. The molecule has 0 spiro atoms. The lowest BCUT2D eigenvalue weighted by molar-refractivity contribution is 0.0666. The minimum atomic E-state index is 0.136. The van der Waals surface area contributed by atoms with Crippen molar-refractivity contribution in [3.05, 3.63) is 32.7 Å². The molecule has 1 amide bonds. The van der Waals surface area contributed by atoms with Gasteiger partial charge in [-0.05, 0) is 61.1 Å². The van der Waals surface area contributed by atoms with Gasteiger partial charge < -0.3 is 9.80 Å². The molecule has 0 bridgehead atoms. The maximum atomic E-state index is 13.0. The van der Waals surface area contributed by atoms with E-state index in [4.69, 9.17) is 0 Å². The Labute approximate surface area is 143 Å². The summed E-state index contributed by atoms with van der Waals surface area (Å²) >= 11 is 6.97. The molecule has 1 fully saturated rings. The zero-order valence-electron chi connectivity index (χ0n) is 12.6. The van der Waals surface area contributed by atoms with E-state index in [-0.39, 0.29) is 5.91 Å². The highest BCUT2D eigenvalue weighted by atomic mass is 79.9. The topological polar surface area (TPSA) is 23.6 Å². The van der Waals surface area contributed by atoms with Gasteiger partial charge in [0.05, 0.1) is 5.56 Å². The van der Waals surface area contributed by atoms with Gasteiger partial charge in [0.15, 0.2) is 0 Å². The zero-order chi connectivity index (χ0) is 15.4. The molecule has 1 aromatic rings. The average molecular weight is 418 g/mol. The Bertz CT molecular complexity index is 499. The van der Waals surface area contributed by atoms with Crippen molar-refractivity contribution >= 4 is 37.8 Å². The Hall–Kier alpha value is -0.390. The van der Waals surface area contributed by atoms with Crippen LogP contribution < -0.4 is 0 Å². The fourth-order valence-electron chi connectivity index (χ4n) is 2.79. The molecule has 3 nitrogen and oxygen atoms in total. The normalized spacial score (nSPS) is 15.7. The Balaban J connectivity index is 2.21. The molecule has 1 aromatic carbocycles. The fraction of sp³-hybridized carbons (Fsp3) is 0.562. The van der Waals surface area contributed by atoms with Gasteiger partial charge in [0.1, 0.15) is 0 Å². The number of hydrogen-bond donors (Lipinski definition) is 0. The van der Waals surface area contributed by atoms with Crippen molar-refractivity contribution in [2.24, 2.45) is 0 Å². The summed E-state index contributed by atoms with van der Waals surface area (Å²) in [6.07, 6.45) is 4.72. The first kappa shape index (κ1) is 17.0. The van der Waals surface area contributed by atoms with Crippen LogP contribution in [0.2, 0.25) is 0 Å². The molecule has 5 heteroatoms. The van der Waals surface area contributed by atoms with Crippen molar-refractivity contribution in [2.75, 3.05) is 27.2 Å². The summed E-state index contributed by atoms with van der Waals surface area (Å²) in [6.45, 7) is 1.68. The number of likely N-dealkylation sites (N-methyl/N-ethyl adjacent to an activating group) is 1. The van der Waals surface area contributed by atoms with E-state index in [0.29, 0.717) is 6.04 Å². The molecule has 0 saturated heterocycles. The second-order valence-electron chi connectivity index (χ2n) is 5.86. The lowest BCUT2D eigenvalue weighted by atomic mass is 10.1. The molecule has 0 heterocycles. The molecule has 0 atom stereocenters. The van der Waals surface area contributed by atoms with E-state index in [1.54, 1.807) is 0 Å². The van der Waals surface area contributed by atoms with Crippen LogP contribution in [0.4, 0.5) is 0 Å². The molecule has 1 aliphatic carbocycles. The Morgan fingerprint density at radius 2 is 1.86 bits per heavy atom. The number of rotatable bonds is 5. The first-order chi connectivity index (χ1) is 9.99. The highest BCUT2D eigenvalue weighted by Crippen LogP contribution is 2.28. The van der Waals surface area contributed by atoms with E-state index in [2.05, 4.69) is 41.7 Å². The summed E-state index contributed by atoms with van der Waals surface area (Å²) in [5.74, 6) is 0.136. The second-order valence-corrected chi connectivity index (χ2v) is 7.63. The number of halogens is 2. The molecule has 0 radical (unpaired) electrons. The third-order valence-corrected chi connectivity index (χ3v) is 5.16. The number of hydrogen-bond acceptors (Lipinski definition) is 2. The molecule has 116 valence electrons. The van der Waals surface area contributed by atoms with Crippen LogP contribution in [0.5, 0.6) is 0 Å². The smallest absolute Gasteiger partial charge is 0.255 e. The molecule has 0 aliphatic heterocycles. The summed E-state index contributed by atoms with van der Waals surface area (Å²) in [6, 6.07) is 6.17. The third kappa shape index (κ3) is 4.54. The monoisotopic (exact) mass is 416 g/mol. The van der Waals surface area contributed by atoms with Crippen LogP contribution in [0, 0.1) is 0 Å².